The number of methoxy groups -OCH3 is 1. The van der Waals surface area contributed by atoms with E-state index in [4.69, 9.17) is 4.74 Å². The van der Waals surface area contributed by atoms with Gasteiger partial charge in [0.2, 0.25) is 0 Å². The Morgan fingerprint density at radius 1 is 1.21 bits per heavy atom. The fourth-order valence-electron chi connectivity index (χ4n) is 9.43. The first kappa shape index (κ1) is 26.6. The summed E-state index contributed by atoms with van der Waals surface area (Å²) in [7, 11) is 1.45. The molecule has 208 valence electrons. The van der Waals surface area contributed by atoms with E-state index in [0.717, 1.165) is 50.6 Å². The highest BCUT2D eigenvalue weighted by atomic mass is 16.5. The van der Waals surface area contributed by atoms with Gasteiger partial charge in [-0.3, -0.25) is 14.6 Å². The van der Waals surface area contributed by atoms with Crippen LogP contribution >= 0.6 is 0 Å². The van der Waals surface area contributed by atoms with E-state index < -0.39 is 5.41 Å². The van der Waals surface area contributed by atoms with Gasteiger partial charge in [-0.25, -0.2) is 4.68 Å². The molecule has 2 heterocycles. The van der Waals surface area contributed by atoms with Gasteiger partial charge in [-0.05, 0) is 111 Å². The van der Waals surface area contributed by atoms with E-state index in [1.54, 1.807) is 6.20 Å². The second-order valence-electron chi connectivity index (χ2n) is 13.1. The molecule has 7 nitrogen and oxygen atoms in total. The number of ketones is 1. The highest BCUT2D eigenvalue weighted by Gasteiger charge is 2.67. The molecule has 4 unspecified atom stereocenters. The van der Waals surface area contributed by atoms with Crippen molar-refractivity contribution in [3.05, 3.63) is 43.4 Å². The fraction of sp³-hybridized carbons (Fsp3) is 0.656. The summed E-state index contributed by atoms with van der Waals surface area (Å²) < 4.78 is 6.83. The van der Waals surface area contributed by atoms with Gasteiger partial charge in [0.05, 0.1) is 19.0 Å². The molecular weight excluding hydrogens is 488 g/mol. The molecule has 0 spiro atoms. The minimum absolute atomic E-state index is 0.0848. The van der Waals surface area contributed by atoms with Gasteiger partial charge in [0.1, 0.15) is 11.7 Å². The highest BCUT2D eigenvalue weighted by molar-refractivity contribution is 5.90. The molecule has 2 radical (unpaired) electrons. The van der Waals surface area contributed by atoms with Crippen molar-refractivity contribution in [1.29, 1.82) is 0 Å². The summed E-state index contributed by atoms with van der Waals surface area (Å²) in [6.45, 7) is 6.92. The number of rotatable bonds is 6. The van der Waals surface area contributed by atoms with Crippen LogP contribution in [-0.2, 0) is 14.3 Å². The summed E-state index contributed by atoms with van der Waals surface area (Å²) >= 11 is 0. The van der Waals surface area contributed by atoms with Gasteiger partial charge in [0.15, 0.2) is 5.78 Å². The zero-order valence-electron chi connectivity index (χ0n) is 23.8. The predicted octanol–water partition coefficient (Wildman–Crippen LogP) is 5.94. The Kier molecular flexibility index (Phi) is 6.91. The number of nitrogens with zero attached hydrogens (tertiary/aromatic N) is 4. The third-order valence-electron chi connectivity index (χ3n) is 11.5. The van der Waals surface area contributed by atoms with Gasteiger partial charge < -0.3 is 4.74 Å². The molecule has 4 fully saturated rings. The van der Waals surface area contributed by atoms with Crippen LogP contribution in [0.4, 0.5) is 0 Å². The Labute approximate surface area is 232 Å². The third-order valence-corrected chi connectivity index (χ3v) is 11.5. The summed E-state index contributed by atoms with van der Waals surface area (Å²) in [6, 6.07) is 5.44. The topological polar surface area (TPSA) is 87.0 Å². The molecule has 2 aromatic heterocycles. The molecule has 6 rings (SSSR count). The standard InChI is InChI=1S/C32H42N4O3/c1-20(11-16-27(37)39-4)23-14-15-24-22-13-12-21-9-5-7-17-31(21,2)28(22)29(30(38)32(23,24)3)36-19-26(34-35-36)25-10-6-8-18-33-25/h5-6,8,10,13,18-24,28-29H,7,9,11-12,14-17H2,1-4H3/t20-,21+,22?,23?,24?,28?,29+,31+,32-/m1/s1. The van der Waals surface area contributed by atoms with Gasteiger partial charge in [0, 0.05) is 18.0 Å². The number of hydrogen-bond acceptors (Lipinski definition) is 6. The van der Waals surface area contributed by atoms with Crippen molar-refractivity contribution >= 4 is 11.8 Å². The summed E-state index contributed by atoms with van der Waals surface area (Å²) in [5, 5.41) is 9.15. The van der Waals surface area contributed by atoms with E-state index in [9.17, 15) is 4.79 Å². The van der Waals surface area contributed by atoms with Crippen LogP contribution in [0.3, 0.4) is 0 Å². The highest BCUT2D eigenvalue weighted by Crippen LogP contribution is 2.69. The number of pyridine rings is 1. The predicted molar refractivity (Wildman–Crippen MR) is 148 cm³/mol. The van der Waals surface area contributed by atoms with Crippen molar-refractivity contribution < 1.29 is 14.3 Å². The summed E-state index contributed by atoms with van der Waals surface area (Å²) in [6.07, 6.45) is 16.5. The SMILES string of the molecule is COC(=O)CC[C@@H](C)C1CCC2C3[CH]C[C@@H]4C[CH]CC[C@]4(C)C3[C@H](n3cc(-c4ccccn4)nn3)C(=O)[C@@]21C. The monoisotopic (exact) mass is 530 g/mol. The van der Waals surface area contributed by atoms with Gasteiger partial charge >= 0.3 is 5.97 Å². The number of carbonyl (C=O) groups is 2. The van der Waals surface area contributed by atoms with E-state index >= 15 is 4.79 Å². The molecule has 0 aliphatic heterocycles. The first-order valence-corrected chi connectivity index (χ1v) is 14.9. The van der Waals surface area contributed by atoms with E-state index in [0.29, 0.717) is 35.7 Å². The van der Waals surface area contributed by atoms with Gasteiger partial charge in [-0.2, -0.15) is 0 Å². The first-order valence-electron chi connectivity index (χ1n) is 14.9. The van der Waals surface area contributed by atoms with E-state index in [-0.39, 0.29) is 35.2 Å². The largest absolute Gasteiger partial charge is 0.469 e. The molecule has 0 saturated heterocycles. The van der Waals surface area contributed by atoms with Gasteiger partial charge in [0.25, 0.3) is 0 Å². The molecule has 4 aliphatic rings. The first-order chi connectivity index (χ1) is 18.8. The molecule has 0 amide bonds. The number of Topliss-reactive ketones (excluding diaryl/α,β-unsaturated/α-hetero) is 1. The van der Waals surface area contributed by atoms with Crippen molar-refractivity contribution in [3.8, 4) is 11.4 Å². The lowest BCUT2D eigenvalue weighted by Crippen LogP contribution is -2.61. The number of ether oxygens (including phenoxy) is 1. The number of hydrogen-bond donors (Lipinski definition) is 0. The van der Waals surface area contributed by atoms with Crippen LogP contribution in [0, 0.1) is 59.2 Å². The van der Waals surface area contributed by atoms with Gasteiger partial charge in [-0.1, -0.05) is 32.1 Å². The van der Waals surface area contributed by atoms with E-state index in [1.165, 1.54) is 7.11 Å². The molecule has 0 bridgehead atoms. The van der Waals surface area contributed by atoms with Crippen LogP contribution < -0.4 is 0 Å². The van der Waals surface area contributed by atoms with Crippen LogP contribution in [0.25, 0.3) is 11.4 Å². The smallest absolute Gasteiger partial charge is 0.305 e. The van der Waals surface area contributed by atoms with Crippen molar-refractivity contribution in [2.75, 3.05) is 7.11 Å². The maximum atomic E-state index is 15.0. The number of esters is 1. The molecule has 0 N–H and O–H groups in total. The summed E-state index contributed by atoms with van der Waals surface area (Å²) in [5.41, 5.74) is 1.11. The quantitative estimate of drug-likeness (QED) is 0.430. The molecule has 0 aromatic carbocycles. The minimum Gasteiger partial charge on any atom is -0.469 e. The Morgan fingerprint density at radius 2 is 2.05 bits per heavy atom. The number of aromatic nitrogens is 4. The number of fused-ring (bicyclic) bond motifs is 5. The average molecular weight is 531 g/mol. The maximum absolute atomic E-state index is 15.0. The lowest BCUT2D eigenvalue weighted by molar-refractivity contribution is -0.162. The van der Waals surface area contributed by atoms with Crippen molar-refractivity contribution in [1.82, 2.24) is 20.0 Å². The van der Waals surface area contributed by atoms with Crippen molar-refractivity contribution in [2.24, 2.45) is 46.3 Å². The summed E-state index contributed by atoms with van der Waals surface area (Å²) in [4.78, 5) is 31.5. The molecule has 2 aromatic rings. The molecular formula is C32H42N4O3. The van der Waals surface area contributed by atoms with Crippen molar-refractivity contribution in [3.63, 3.8) is 0 Å². The molecule has 4 aliphatic carbocycles. The van der Waals surface area contributed by atoms with Crippen LogP contribution in [-0.4, -0.2) is 38.8 Å². The lowest BCUT2D eigenvalue weighted by atomic mass is 9.43. The fourth-order valence-corrected chi connectivity index (χ4v) is 9.43. The van der Waals surface area contributed by atoms with Crippen LogP contribution in [0.2, 0.25) is 0 Å². The maximum Gasteiger partial charge on any atom is 0.305 e. The third kappa shape index (κ3) is 4.17. The second kappa shape index (κ2) is 10.1. The van der Waals surface area contributed by atoms with E-state index in [2.05, 4.69) is 48.9 Å². The molecule has 9 atom stereocenters. The molecule has 39 heavy (non-hydrogen) atoms. The van der Waals surface area contributed by atoms with E-state index in [1.807, 2.05) is 29.1 Å². The molecule has 4 saturated carbocycles. The Hall–Kier alpha value is -2.57. The van der Waals surface area contributed by atoms with Crippen LogP contribution in [0.1, 0.15) is 78.2 Å². The lowest BCUT2D eigenvalue weighted by Gasteiger charge is -2.62. The number of carbonyl (C=O) groups excluding carboxylic acids is 2. The summed E-state index contributed by atoms with van der Waals surface area (Å²) in [5.74, 6) is 2.13. The van der Waals surface area contributed by atoms with Crippen LogP contribution in [0.5, 0.6) is 0 Å². The Balaban J connectivity index is 1.41. The zero-order valence-corrected chi connectivity index (χ0v) is 23.8. The second-order valence-corrected chi connectivity index (χ2v) is 13.1. The Bertz CT molecular complexity index is 1210. The molecule has 7 heteroatoms. The average Bonchev–Trinajstić information content (AvgIpc) is 3.58. The Morgan fingerprint density at radius 3 is 2.82 bits per heavy atom. The van der Waals surface area contributed by atoms with Crippen LogP contribution in [0.15, 0.2) is 30.6 Å². The normalized spacial score (nSPS) is 38.4. The zero-order chi connectivity index (χ0) is 27.4. The van der Waals surface area contributed by atoms with Crippen molar-refractivity contribution in [2.45, 2.75) is 78.2 Å². The van der Waals surface area contributed by atoms with Gasteiger partial charge in [-0.15, -0.1) is 5.10 Å². The minimum atomic E-state index is -0.459.